The zero-order valence-electron chi connectivity index (χ0n) is 7.64. The molecule has 0 aliphatic heterocycles. The number of alkyl halides is 3. The second kappa shape index (κ2) is 4.48. The van der Waals surface area contributed by atoms with Crippen molar-refractivity contribution >= 4 is 17.3 Å². The highest BCUT2D eigenvalue weighted by atomic mass is 32.1. The Morgan fingerprint density at radius 1 is 1.40 bits per heavy atom. The average Bonchev–Trinajstić information content (AvgIpc) is 2.14. The summed E-state index contributed by atoms with van der Waals surface area (Å²) in [5.41, 5.74) is 4.97. The summed E-state index contributed by atoms with van der Waals surface area (Å²) in [6.45, 7) is 0.194. The van der Waals surface area contributed by atoms with Gasteiger partial charge in [0.1, 0.15) is 0 Å². The van der Waals surface area contributed by atoms with Gasteiger partial charge in [-0.1, -0.05) is 12.1 Å². The summed E-state index contributed by atoms with van der Waals surface area (Å²) in [4.78, 5) is 0. The van der Waals surface area contributed by atoms with Crippen LogP contribution in [0.25, 0.3) is 0 Å². The third-order valence-corrected chi connectivity index (χ3v) is 1.87. The Bertz CT molecular complexity index is 363. The van der Waals surface area contributed by atoms with E-state index in [-0.39, 0.29) is 11.7 Å². The lowest BCUT2D eigenvalue weighted by Gasteiger charge is -2.09. The van der Waals surface area contributed by atoms with Gasteiger partial charge in [-0.2, -0.15) is 13.2 Å². The molecule has 0 heterocycles. The SMILES string of the molecule is NC(=S)NCc1cccc(C(F)(F)F)c1. The summed E-state index contributed by atoms with van der Waals surface area (Å²) in [5, 5.41) is 2.64. The van der Waals surface area contributed by atoms with Gasteiger partial charge in [0, 0.05) is 6.54 Å². The molecule has 15 heavy (non-hydrogen) atoms. The maximum absolute atomic E-state index is 12.3. The van der Waals surface area contributed by atoms with Gasteiger partial charge < -0.3 is 11.1 Å². The first-order chi connectivity index (χ1) is 6.89. The molecule has 0 atom stereocenters. The van der Waals surface area contributed by atoms with E-state index in [9.17, 15) is 13.2 Å². The minimum Gasteiger partial charge on any atom is -0.376 e. The first-order valence-corrected chi connectivity index (χ1v) is 4.50. The molecule has 0 saturated carbocycles. The molecule has 2 nitrogen and oxygen atoms in total. The summed E-state index contributed by atoms with van der Waals surface area (Å²) in [6.07, 6.45) is -4.32. The average molecular weight is 234 g/mol. The van der Waals surface area contributed by atoms with E-state index in [2.05, 4.69) is 17.5 Å². The van der Waals surface area contributed by atoms with Crippen molar-refractivity contribution < 1.29 is 13.2 Å². The van der Waals surface area contributed by atoms with Crippen LogP contribution >= 0.6 is 12.2 Å². The van der Waals surface area contributed by atoms with E-state index in [1.54, 1.807) is 6.07 Å². The number of halogens is 3. The third kappa shape index (κ3) is 3.75. The molecule has 0 aromatic heterocycles. The summed E-state index contributed by atoms with van der Waals surface area (Å²) >= 11 is 4.55. The maximum Gasteiger partial charge on any atom is 0.416 e. The quantitative estimate of drug-likeness (QED) is 0.769. The Hall–Kier alpha value is -1.30. The highest BCUT2D eigenvalue weighted by Gasteiger charge is 2.30. The van der Waals surface area contributed by atoms with Crippen LogP contribution < -0.4 is 11.1 Å². The molecule has 82 valence electrons. The van der Waals surface area contributed by atoms with Crippen LogP contribution in [0.15, 0.2) is 24.3 Å². The minimum atomic E-state index is -4.32. The largest absolute Gasteiger partial charge is 0.416 e. The van der Waals surface area contributed by atoms with Crippen LogP contribution in [0.1, 0.15) is 11.1 Å². The number of hydrogen-bond acceptors (Lipinski definition) is 1. The van der Waals surface area contributed by atoms with Gasteiger partial charge in [-0.25, -0.2) is 0 Å². The molecule has 0 fully saturated rings. The molecule has 0 bridgehead atoms. The van der Waals surface area contributed by atoms with E-state index in [1.165, 1.54) is 6.07 Å². The Morgan fingerprint density at radius 3 is 2.60 bits per heavy atom. The molecule has 0 aliphatic rings. The molecule has 0 saturated heterocycles. The molecule has 3 N–H and O–H groups in total. The molecule has 0 unspecified atom stereocenters. The van der Waals surface area contributed by atoms with Crippen LogP contribution in [-0.4, -0.2) is 5.11 Å². The predicted molar refractivity (Wildman–Crippen MR) is 55.1 cm³/mol. The molecule has 0 amide bonds. The zero-order valence-corrected chi connectivity index (χ0v) is 8.45. The fraction of sp³-hybridized carbons (Fsp3) is 0.222. The van der Waals surface area contributed by atoms with Crippen molar-refractivity contribution in [1.29, 1.82) is 0 Å². The molecular formula is C9H9F3N2S. The number of nitrogens with one attached hydrogen (secondary N) is 1. The van der Waals surface area contributed by atoms with Crippen LogP contribution in [0.3, 0.4) is 0 Å². The van der Waals surface area contributed by atoms with Crippen molar-refractivity contribution in [3.8, 4) is 0 Å². The molecule has 0 aliphatic carbocycles. The molecule has 1 aromatic carbocycles. The van der Waals surface area contributed by atoms with Gasteiger partial charge in [0.15, 0.2) is 5.11 Å². The monoisotopic (exact) mass is 234 g/mol. The number of rotatable bonds is 2. The van der Waals surface area contributed by atoms with Gasteiger partial charge in [-0.3, -0.25) is 0 Å². The van der Waals surface area contributed by atoms with Crippen LogP contribution in [0.2, 0.25) is 0 Å². The molecule has 6 heteroatoms. The van der Waals surface area contributed by atoms with Crippen molar-refractivity contribution in [3.05, 3.63) is 35.4 Å². The smallest absolute Gasteiger partial charge is 0.376 e. The van der Waals surface area contributed by atoms with Gasteiger partial charge >= 0.3 is 6.18 Å². The van der Waals surface area contributed by atoms with Gasteiger partial charge in [0.05, 0.1) is 5.56 Å². The minimum absolute atomic E-state index is 0.0624. The first-order valence-electron chi connectivity index (χ1n) is 4.09. The molecule has 1 aromatic rings. The van der Waals surface area contributed by atoms with Crippen LogP contribution in [0, 0.1) is 0 Å². The topological polar surface area (TPSA) is 38.0 Å². The highest BCUT2D eigenvalue weighted by molar-refractivity contribution is 7.80. The molecular weight excluding hydrogens is 225 g/mol. The van der Waals surface area contributed by atoms with Gasteiger partial charge in [-0.05, 0) is 29.9 Å². The maximum atomic E-state index is 12.3. The van der Waals surface area contributed by atoms with Crippen molar-refractivity contribution in [3.63, 3.8) is 0 Å². The zero-order chi connectivity index (χ0) is 11.5. The summed E-state index contributed by atoms with van der Waals surface area (Å²) in [7, 11) is 0. The van der Waals surface area contributed by atoms with E-state index in [4.69, 9.17) is 5.73 Å². The lowest BCUT2D eigenvalue weighted by molar-refractivity contribution is -0.137. The fourth-order valence-corrected chi connectivity index (χ4v) is 1.12. The van der Waals surface area contributed by atoms with E-state index in [1.807, 2.05) is 0 Å². The normalized spacial score (nSPS) is 11.1. The summed E-state index contributed by atoms with van der Waals surface area (Å²) in [6, 6.07) is 5.00. The lowest BCUT2D eigenvalue weighted by atomic mass is 10.1. The Labute approximate surface area is 90.3 Å². The Kier molecular flexibility index (Phi) is 3.52. The van der Waals surface area contributed by atoms with Crippen molar-refractivity contribution in [1.82, 2.24) is 5.32 Å². The molecule has 1 rings (SSSR count). The molecule has 0 radical (unpaired) electrons. The standard InChI is InChI=1S/C9H9F3N2S/c10-9(11,12)7-3-1-2-6(4-7)5-14-8(13)15/h1-4H,5H2,(H3,13,14,15). The van der Waals surface area contributed by atoms with E-state index >= 15 is 0 Å². The predicted octanol–water partition coefficient (Wildman–Crippen LogP) is 2.04. The van der Waals surface area contributed by atoms with Crippen LogP contribution in [0.5, 0.6) is 0 Å². The number of hydrogen-bond donors (Lipinski definition) is 2. The van der Waals surface area contributed by atoms with Crippen LogP contribution in [-0.2, 0) is 12.7 Å². The van der Waals surface area contributed by atoms with Crippen molar-refractivity contribution in [2.45, 2.75) is 12.7 Å². The first kappa shape index (κ1) is 11.8. The lowest BCUT2D eigenvalue weighted by Crippen LogP contribution is -2.28. The van der Waals surface area contributed by atoms with Crippen LogP contribution in [0.4, 0.5) is 13.2 Å². The molecule has 0 spiro atoms. The highest BCUT2D eigenvalue weighted by Crippen LogP contribution is 2.29. The van der Waals surface area contributed by atoms with Crippen molar-refractivity contribution in [2.24, 2.45) is 5.73 Å². The van der Waals surface area contributed by atoms with Gasteiger partial charge in [-0.15, -0.1) is 0 Å². The number of benzene rings is 1. The van der Waals surface area contributed by atoms with Gasteiger partial charge in [0.25, 0.3) is 0 Å². The third-order valence-electron chi connectivity index (χ3n) is 1.72. The number of nitrogens with two attached hydrogens (primary N) is 1. The van der Waals surface area contributed by atoms with E-state index in [0.29, 0.717) is 5.56 Å². The van der Waals surface area contributed by atoms with Gasteiger partial charge in [0.2, 0.25) is 0 Å². The van der Waals surface area contributed by atoms with E-state index in [0.717, 1.165) is 12.1 Å². The second-order valence-electron chi connectivity index (χ2n) is 2.92. The van der Waals surface area contributed by atoms with Crippen molar-refractivity contribution in [2.75, 3.05) is 0 Å². The number of thiocarbonyl (C=S) groups is 1. The summed E-state index contributed by atoms with van der Waals surface area (Å²) in [5.74, 6) is 0. The fourth-order valence-electron chi connectivity index (χ4n) is 1.05. The summed E-state index contributed by atoms with van der Waals surface area (Å²) < 4.78 is 36.9. The second-order valence-corrected chi connectivity index (χ2v) is 3.36. The van der Waals surface area contributed by atoms with E-state index < -0.39 is 11.7 Å². The Balaban J connectivity index is 2.79. The Morgan fingerprint density at radius 2 is 2.07 bits per heavy atom.